The van der Waals surface area contributed by atoms with Crippen molar-refractivity contribution in [2.45, 2.75) is 52.5 Å². The summed E-state index contributed by atoms with van der Waals surface area (Å²) in [4.78, 5) is 0. The number of hydrogen-bond donors (Lipinski definition) is 1. The molecular weight excluding hydrogens is 250 g/mol. The van der Waals surface area contributed by atoms with Crippen LogP contribution >= 0.6 is 0 Å². The molecule has 0 spiro atoms. The van der Waals surface area contributed by atoms with Gasteiger partial charge >= 0.3 is 0 Å². The van der Waals surface area contributed by atoms with Crippen LogP contribution < -0.4 is 14.8 Å². The van der Waals surface area contributed by atoms with Crippen molar-refractivity contribution in [3.05, 3.63) is 24.3 Å². The number of nitrogens with one attached hydrogen (secondary N) is 1. The topological polar surface area (TPSA) is 30.5 Å². The van der Waals surface area contributed by atoms with E-state index in [1.54, 1.807) is 0 Å². The van der Waals surface area contributed by atoms with Gasteiger partial charge in [-0.1, -0.05) is 13.8 Å². The van der Waals surface area contributed by atoms with Crippen LogP contribution in [-0.4, -0.2) is 25.8 Å². The fourth-order valence-corrected chi connectivity index (χ4v) is 2.12. The largest absolute Gasteiger partial charge is 0.494 e. The first-order valence-electron chi connectivity index (χ1n) is 7.89. The molecule has 1 aromatic rings. The van der Waals surface area contributed by atoms with E-state index >= 15 is 0 Å². The van der Waals surface area contributed by atoms with E-state index in [1.807, 2.05) is 31.2 Å². The first-order chi connectivity index (χ1) is 9.80. The smallest absolute Gasteiger partial charge is 0.119 e. The zero-order chi connectivity index (χ0) is 14.6. The lowest BCUT2D eigenvalue weighted by Crippen LogP contribution is -2.29. The quantitative estimate of drug-likeness (QED) is 0.621. The van der Waals surface area contributed by atoms with Crippen LogP contribution in [0.15, 0.2) is 24.3 Å². The summed E-state index contributed by atoms with van der Waals surface area (Å²) in [5, 5.41) is 3.57. The van der Waals surface area contributed by atoms with Crippen molar-refractivity contribution in [2.75, 3.05) is 19.8 Å². The highest BCUT2D eigenvalue weighted by Gasteiger charge is 2.04. The van der Waals surface area contributed by atoms with Gasteiger partial charge in [-0.3, -0.25) is 0 Å². The van der Waals surface area contributed by atoms with E-state index in [9.17, 15) is 0 Å². The van der Waals surface area contributed by atoms with Gasteiger partial charge in [0, 0.05) is 6.04 Å². The Kier molecular flexibility index (Phi) is 8.88. The summed E-state index contributed by atoms with van der Waals surface area (Å²) in [6, 6.07) is 8.47. The molecule has 0 saturated carbocycles. The third kappa shape index (κ3) is 6.80. The fraction of sp³-hybridized carbons (Fsp3) is 0.647. The van der Waals surface area contributed by atoms with E-state index in [-0.39, 0.29) is 0 Å². The number of hydrogen-bond acceptors (Lipinski definition) is 3. The molecule has 1 rings (SSSR count). The van der Waals surface area contributed by atoms with Gasteiger partial charge in [0.05, 0.1) is 13.2 Å². The van der Waals surface area contributed by atoms with Gasteiger partial charge in [-0.25, -0.2) is 0 Å². The van der Waals surface area contributed by atoms with Crippen LogP contribution in [0.1, 0.15) is 46.5 Å². The Balaban J connectivity index is 2.19. The Morgan fingerprint density at radius 3 is 2.20 bits per heavy atom. The van der Waals surface area contributed by atoms with Gasteiger partial charge < -0.3 is 14.8 Å². The van der Waals surface area contributed by atoms with E-state index in [0.29, 0.717) is 12.6 Å². The second-order valence-corrected chi connectivity index (χ2v) is 4.95. The molecule has 114 valence electrons. The molecule has 0 heterocycles. The van der Waals surface area contributed by atoms with Gasteiger partial charge in [0.25, 0.3) is 0 Å². The number of benzene rings is 1. The molecule has 1 atom stereocenters. The average molecular weight is 279 g/mol. The monoisotopic (exact) mass is 279 g/mol. The predicted octanol–water partition coefficient (Wildman–Crippen LogP) is 4.02. The minimum absolute atomic E-state index is 0.624. The molecule has 0 amide bonds. The Morgan fingerprint density at radius 2 is 1.65 bits per heavy atom. The fourth-order valence-electron chi connectivity index (χ4n) is 2.12. The maximum absolute atomic E-state index is 5.76. The molecule has 0 saturated heterocycles. The standard InChI is InChI=1S/C17H29NO2/c1-4-13-18-15(5-2)8-7-14-20-17-11-9-16(10-12-17)19-6-3/h9-12,15,18H,4-8,13-14H2,1-3H3. The highest BCUT2D eigenvalue weighted by atomic mass is 16.5. The number of ether oxygens (including phenoxy) is 2. The van der Waals surface area contributed by atoms with Crippen LogP contribution in [-0.2, 0) is 0 Å². The highest BCUT2D eigenvalue weighted by molar-refractivity contribution is 5.31. The Morgan fingerprint density at radius 1 is 1.00 bits per heavy atom. The summed E-state index contributed by atoms with van der Waals surface area (Å²) in [5.41, 5.74) is 0. The maximum Gasteiger partial charge on any atom is 0.119 e. The van der Waals surface area contributed by atoms with Gasteiger partial charge in [0.2, 0.25) is 0 Å². The van der Waals surface area contributed by atoms with Crippen LogP contribution in [0.3, 0.4) is 0 Å². The van der Waals surface area contributed by atoms with Gasteiger partial charge in [-0.15, -0.1) is 0 Å². The third-order valence-electron chi connectivity index (χ3n) is 3.28. The molecule has 0 aromatic heterocycles. The molecule has 0 radical (unpaired) electrons. The van der Waals surface area contributed by atoms with Crippen LogP contribution in [0.25, 0.3) is 0 Å². The minimum atomic E-state index is 0.624. The van der Waals surface area contributed by atoms with Crippen molar-refractivity contribution in [3.63, 3.8) is 0 Å². The first-order valence-corrected chi connectivity index (χ1v) is 7.89. The summed E-state index contributed by atoms with van der Waals surface area (Å²) in [6.45, 7) is 9.01. The molecule has 3 heteroatoms. The summed E-state index contributed by atoms with van der Waals surface area (Å²) in [6.07, 6.45) is 4.64. The SMILES string of the molecule is CCCNC(CC)CCCOc1ccc(OCC)cc1. The molecule has 1 aromatic carbocycles. The van der Waals surface area contributed by atoms with Gasteiger partial charge in [-0.2, -0.15) is 0 Å². The van der Waals surface area contributed by atoms with Crippen molar-refractivity contribution in [3.8, 4) is 11.5 Å². The second kappa shape index (κ2) is 10.6. The molecule has 0 aliphatic carbocycles. The van der Waals surface area contributed by atoms with Crippen molar-refractivity contribution in [1.29, 1.82) is 0 Å². The highest BCUT2D eigenvalue weighted by Crippen LogP contribution is 2.17. The van der Waals surface area contributed by atoms with Crippen molar-refractivity contribution < 1.29 is 9.47 Å². The van der Waals surface area contributed by atoms with Crippen molar-refractivity contribution in [1.82, 2.24) is 5.32 Å². The molecule has 0 fully saturated rings. The molecule has 20 heavy (non-hydrogen) atoms. The average Bonchev–Trinajstić information content (AvgIpc) is 2.48. The second-order valence-electron chi connectivity index (χ2n) is 4.95. The van der Waals surface area contributed by atoms with E-state index in [4.69, 9.17) is 9.47 Å². The van der Waals surface area contributed by atoms with Crippen LogP contribution in [0.2, 0.25) is 0 Å². The van der Waals surface area contributed by atoms with Crippen LogP contribution in [0.4, 0.5) is 0 Å². The normalized spacial score (nSPS) is 12.2. The lowest BCUT2D eigenvalue weighted by atomic mass is 10.1. The Bertz CT molecular complexity index is 337. The van der Waals surface area contributed by atoms with E-state index in [2.05, 4.69) is 19.2 Å². The predicted molar refractivity (Wildman–Crippen MR) is 84.7 cm³/mol. The van der Waals surface area contributed by atoms with Crippen molar-refractivity contribution in [2.24, 2.45) is 0 Å². The zero-order valence-electron chi connectivity index (χ0n) is 13.2. The lowest BCUT2D eigenvalue weighted by molar-refractivity contribution is 0.293. The molecule has 0 aliphatic heterocycles. The van der Waals surface area contributed by atoms with Crippen LogP contribution in [0, 0.1) is 0 Å². The van der Waals surface area contributed by atoms with Crippen molar-refractivity contribution >= 4 is 0 Å². The minimum Gasteiger partial charge on any atom is -0.494 e. The molecular formula is C17H29NO2. The van der Waals surface area contributed by atoms with Gasteiger partial charge in [0.1, 0.15) is 11.5 Å². The molecule has 1 unspecified atom stereocenters. The van der Waals surface area contributed by atoms with Gasteiger partial charge in [0.15, 0.2) is 0 Å². The third-order valence-corrected chi connectivity index (χ3v) is 3.28. The molecule has 3 nitrogen and oxygen atoms in total. The lowest BCUT2D eigenvalue weighted by Gasteiger charge is -2.16. The van der Waals surface area contributed by atoms with E-state index in [1.165, 1.54) is 19.3 Å². The molecule has 0 aliphatic rings. The Labute approximate surface area is 123 Å². The summed E-state index contributed by atoms with van der Waals surface area (Å²) in [5.74, 6) is 1.82. The Hall–Kier alpha value is -1.22. The molecule has 0 bridgehead atoms. The number of rotatable bonds is 11. The first kappa shape index (κ1) is 16.8. The summed E-state index contributed by atoms with van der Waals surface area (Å²) in [7, 11) is 0. The maximum atomic E-state index is 5.76. The summed E-state index contributed by atoms with van der Waals surface area (Å²) >= 11 is 0. The van der Waals surface area contributed by atoms with Gasteiger partial charge in [-0.05, 0) is 63.4 Å². The molecule has 1 N–H and O–H groups in total. The summed E-state index contributed by atoms with van der Waals surface area (Å²) < 4.78 is 11.2. The van der Waals surface area contributed by atoms with E-state index in [0.717, 1.165) is 31.1 Å². The van der Waals surface area contributed by atoms with E-state index < -0.39 is 0 Å². The zero-order valence-corrected chi connectivity index (χ0v) is 13.2. The van der Waals surface area contributed by atoms with Crippen LogP contribution in [0.5, 0.6) is 11.5 Å².